The molecule has 1 heterocycles. The number of hydrogen-bond acceptors (Lipinski definition) is 5. The molecule has 0 unspecified atom stereocenters. The van der Waals surface area contributed by atoms with E-state index in [0.717, 1.165) is 12.8 Å². The summed E-state index contributed by atoms with van der Waals surface area (Å²) in [5, 5.41) is 3.12. The van der Waals surface area contributed by atoms with Gasteiger partial charge in [0, 0.05) is 32.2 Å². The highest BCUT2D eigenvalue weighted by atomic mass is 32.2. The molecule has 0 atom stereocenters. The second kappa shape index (κ2) is 9.03. The first kappa shape index (κ1) is 20.1. The Morgan fingerprint density at radius 3 is 2.30 bits per heavy atom. The molecule has 0 spiro atoms. The van der Waals surface area contributed by atoms with Crippen molar-refractivity contribution in [2.24, 2.45) is 0 Å². The van der Waals surface area contributed by atoms with Crippen LogP contribution in [0.15, 0.2) is 29.2 Å². The number of nitrogens with zero attached hydrogens (tertiary/aromatic N) is 2. The Bertz CT molecular complexity index is 722. The van der Waals surface area contributed by atoms with Gasteiger partial charge < -0.3 is 10.1 Å². The molecular weight excluding hydrogens is 366 g/mol. The van der Waals surface area contributed by atoms with E-state index < -0.39 is 10.0 Å². The molecule has 2 aliphatic rings. The maximum Gasteiger partial charge on any atom is 0.243 e. The summed E-state index contributed by atoms with van der Waals surface area (Å²) in [6, 6.07) is 6.75. The van der Waals surface area contributed by atoms with Gasteiger partial charge in [0.1, 0.15) is 5.75 Å². The van der Waals surface area contributed by atoms with Crippen LogP contribution >= 0.6 is 0 Å². The molecule has 1 amide bonds. The fraction of sp³-hybridized carbons (Fsp3) is 0.632. The van der Waals surface area contributed by atoms with Crippen LogP contribution in [0.1, 0.15) is 32.1 Å². The number of carbonyl (C=O) groups is 1. The average Bonchev–Trinajstić information content (AvgIpc) is 2.69. The fourth-order valence-corrected chi connectivity index (χ4v) is 5.17. The van der Waals surface area contributed by atoms with Gasteiger partial charge in [-0.2, -0.15) is 4.31 Å². The quantitative estimate of drug-likeness (QED) is 0.789. The van der Waals surface area contributed by atoms with Crippen molar-refractivity contribution in [3.63, 3.8) is 0 Å². The van der Waals surface area contributed by atoms with Gasteiger partial charge in [-0.1, -0.05) is 19.3 Å². The van der Waals surface area contributed by atoms with Crippen LogP contribution < -0.4 is 10.1 Å². The van der Waals surface area contributed by atoms with Gasteiger partial charge in [-0.05, 0) is 37.1 Å². The van der Waals surface area contributed by atoms with Crippen molar-refractivity contribution in [2.45, 2.75) is 43.0 Å². The summed E-state index contributed by atoms with van der Waals surface area (Å²) in [6.45, 7) is 2.25. The molecule has 1 N–H and O–H groups in total. The second-order valence-corrected chi connectivity index (χ2v) is 9.20. The molecule has 0 radical (unpaired) electrons. The number of hydrogen-bond donors (Lipinski definition) is 1. The summed E-state index contributed by atoms with van der Waals surface area (Å²) < 4.78 is 32.1. The van der Waals surface area contributed by atoms with Crippen LogP contribution in [0.4, 0.5) is 0 Å². The third-order valence-corrected chi connectivity index (χ3v) is 7.28. The molecule has 1 saturated carbocycles. The monoisotopic (exact) mass is 395 g/mol. The summed E-state index contributed by atoms with van der Waals surface area (Å²) in [5.74, 6) is 0.677. The highest BCUT2D eigenvalue weighted by Gasteiger charge is 2.29. The van der Waals surface area contributed by atoms with Gasteiger partial charge >= 0.3 is 0 Å². The van der Waals surface area contributed by atoms with E-state index in [2.05, 4.69) is 5.32 Å². The molecule has 7 nitrogen and oxygen atoms in total. The molecule has 1 aliphatic carbocycles. The van der Waals surface area contributed by atoms with Crippen molar-refractivity contribution < 1.29 is 17.9 Å². The summed E-state index contributed by atoms with van der Waals surface area (Å²) in [4.78, 5) is 14.5. The summed E-state index contributed by atoms with van der Waals surface area (Å²) in [7, 11) is -1.96. The lowest BCUT2D eigenvalue weighted by molar-refractivity contribution is -0.123. The smallest absolute Gasteiger partial charge is 0.243 e. The number of sulfonamides is 1. The third-order valence-electron chi connectivity index (χ3n) is 5.37. The fourth-order valence-electron chi connectivity index (χ4n) is 3.75. The van der Waals surface area contributed by atoms with Crippen molar-refractivity contribution in [1.82, 2.24) is 14.5 Å². The molecule has 0 bridgehead atoms. The largest absolute Gasteiger partial charge is 0.497 e. The van der Waals surface area contributed by atoms with E-state index in [-0.39, 0.29) is 10.8 Å². The highest BCUT2D eigenvalue weighted by Crippen LogP contribution is 2.21. The van der Waals surface area contributed by atoms with Gasteiger partial charge in [-0.15, -0.1) is 0 Å². The number of carbonyl (C=O) groups excluding carboxylic acids is 1. The molecule has 1 saturated heterocycles. The van der Waals surface area contributed by atoms with Crippen LogP contribution in [-0.2, 0) is 14.8 Å². The minimum Gasteiger partial charge on any atom is -0.497 e. The molecule has 1 aromatic rings. The first-order valence-electron chi connectivity index (χ1n) is 9.65. The minimum atomic E-state index is -3.51. The molecule has 27 heavy (non-hydrogen) atoms. The number of rotatable bonds is 6. The van der Waals surface area contributed by atoms with Gasteiger partial charge in [-0.3, -0.25) is 9.69 Å². The van der Waals surface area contributed by atoms with Crippen LogP contribution in [0.25, 0.3) is 0 Å². The van der Waals surface area contributed by atoms with Crippen molar-refractivity contribution in [2.75, 3.05) is 39.8 Å². The Balaban J connectivity index is 1.49. The standard InChI is InChI=1S/C19H29N3O4S/c1-26-17-7-9-18(10-8-17)27(24,25)22-13-11-21(12-14-22)15-19(23)20-16-5-3-2-4-6-16/h7-10,16H,2-6,11-15H2,1H3,(H,20,23). The first-order valence-corrected chi connectivity index (χ1v) is 11.1. The van der Waals surface area contributed by atoms with Gasteiger partial charge in [0.2, 0.25) is 15.9 Å². The van der Waals surface area contributed by atoms with Crippen molar-refractivity contribution in [1.29, 1.82) is 0 Å². The third kappa shape index (κ3) is 5.21. The second-order valence-electron chi connectivity index (χ2n) is 7.26. The molecule has 2 fully saturated rings. The molecule has 1 aromatic carbocycles. The minimum absolute atomic E-state index is 0.0494. The number of benzene rings is 1. The predicted molar refractivity (Wildman–Crippen MR) is 103 cm³/mol. The zero-order valence-electron chi connectivity index (χ0n) is 15.9. The van der Waals surface area contributed by atoms with E-state index in [1.54, 1.807) is 31.4 Å². The topological polar surface area (TPSA) is 79.0 Å². The van der Waals surface area contributed by atoms with Crippen LogP contribution in [0.2, 0.25) is 0 Å². The van der Waals surface area contributed by atoms with Gasteiger partial charge in [0.15, 0.2) is 0 Å². The Morgan fingerprint density at radius 2 is 1.70 bits per heavy atom. The maximum absolute atomic E-state index is 12.8. The SMILES string of the molecule is COc1ccc(S(=O)(=O)N2CCN(CC(=O)NC3CCCCC3)CC2)cc1. The lowest BCUT2D eigenvalue weighted by Gasteiger charge is -2.34. The number of amides is 1. The van der Waals surface area contributed by atoms with E-state index in [0.29, 0.717) is 44.5 Å². The van der Waals surface area contributed by atoms with Crippen LogP contribution in [0, 0.1) is 0 Å². The van der Waals surface area contributed by atoms with E-state index in [1.165, 1.54) is 23.6 Å². The molecule has 150 valence electrons. The van der Waals surface area contributed by atoms with Crippen molar-refractivity contribution in [3.8, 4) is 5.75 Å². The van der Waals surface area contributed by atoms with Crippen LogP contribution in [0.3, 0.4) is 0 Å². The van der Waals surface area contributed by atoms with E-state index in [1.807, 2.05) is 4.90 Å². The number of ether oxygens (including phenoxy) is 1. The molecule has 3 rings (SSSR count). The molecule has 8 heteroatoms. The normalized spacial score (nSPS) is 20.3. The lowest BCUT2D eigenvalue weighted by Crippen LogP contribution is -2.51. The van der Waals surface area contributed by atoms with Gasteiger partial charge in [-0.25, -0.2) is 8.42 Å². The predicted octanol–water partition coefficient (Wildman–Crippen LogP) is 1.45. The Morgan fingerprint density at radius 1 is 1.07 bits per heavy atom. The number of piperazine rings is 1. The zero-order chi connectivity index (χ0) is 19.3. The van der Waals surface area contributed by atoms with Crippen LogP contribution in [0.5, 0.6) is 5.75 Å². The summed E-state index contributed by atoms with van der Waals surface area (Å²) >= 11 is 0. The Labute approximate surface area is 161 Å². The summed E-state index contributed by atoms with van der Waals surface area (Å²) in [6.07, 6.45) is 5.77. The summed E-state index contributed by atoms with van der Waals surface area (Å²) in [5.41, 5.74) is 0. The zero-order valence-corrected chi connectivity index (χ0v) is 16.7. The Hall–Kier alpha value is -1.64. The molecule has 0 aromatic heterocycles. The lowest BCUT2D eigenvalue weighted by atomic mass is 9.95. The van der Waals surface area contributed by atoms with Crippen LogP contribution in [-0.4, -0.2) is 69.4 Å². The Kier molecular flexibility index (Phi) is 6.73. The number of nitrogens with one attached hydrogen (secondary N) is 1. The van der Waals surface area contributed by atoms with E-state index >= 15 is 0 Å². The van der Waals surface area contributed by atoms with Gasteiger partial charge in [0.25, 0.3) is 0 Å². The van der Waals surface area contributed by atoms with Crippen molar-refractivity contribution >= 4 is 15.9 Å². The molecule has 1 aliphatic heterocycles. The van der Waals surface area contributed by atoms with Crippen molar-refractivity contribution in [3.05, 3.63) is 24.3 Å². The van der Waals surface area contributed by atoms with E-state index in [9.17, 15) is 13.2 Å². The first-order chi connectivity index (χ1) is 13.0. The highest BCUT2D eigenvalue weighted by molar-refractivity contribution is 7.89. The average molecular weight is 396 g/mol. The van der Waals surface area contributed by atoms with E-state index in [4.69, 9.17) is 4.74 Å². The van der Waals surface area contributed by atoms with Gasteiger partial charge in [0.05, 0.1) is 18.6 Å². The maximum atomic E-state index is 12.8. The molecular formula is C19H29N3O4S. The number of methoxy groups -OCH3 is 1.